The lowest BCUT2D eigenvalue weighted by Crippen LogP contribution is -2.30. The van der Waals surface area contributed by atoms with Crippen molar-refractivity contribution in [2.75, 3.05) is 0 Å². The molecule has 3 heterocycles. The fourth-order valence-electron chi connectivity index (χ4n) is 1.94. The van der Waals surface area contributed by atoms with Crippen LogP contribution in [0.25, 0.3) is 11.5 Å². The molecule has 0 fully saturated rings. The summed E-state index contributed by atoms with van der Waals surface area (Å²) in [5, 5.41) is 11.4. The van der Waals surface area contributed by atoms with Crippen LogP contribution in [0.1, 0.15) is 12.8 Å². The molecule has 3 aromatic rings. The summed E-state index contributed by atoms with van der Waals surface area (Å²) in [6.45, 7) is 3.38. The van der Waals surface area contributed by atoms with Gasteiger partial charge in [-0.3, -0.25) is 9.67 Å². The molecule has 0 radical (unpaired) electrons. The van der Waals surface area contributed by atoms with Gasteiger partial charge in [0.15, 0.2) is 0 Å². The predicted molar refractivity (Wildman–Crippen MR) is 76.1 cm³/mol. The number of nitrogens with one attached hydrogen (secondary N) is 1. The van der Waals surface area contributed by atoms with Crippen LogP contribution in [0.2, 0.25) is 0 Å². The SMILES string of the molecule is C[C@H](Cn1cccn1)NCc1nc(-c2ccccn2)no1. The van der Waals surface area contributed by atoms with Gasteiger partial charge in [0.25, 0.3) is 0 Å². The molecule has 7 nitrogen and oxygen atoms in total. The fourth-order valence-corrected chi connectivity index (χ4v) is 1.94. The summed E-state index contributed by atoms with van der Waals surface area (Å²) in [5.74, 6) is 1.05. The summed E-state index contributed by atoms with van der Waals surface area (Å²) in [5.41, 5.74) is 0.706. The Hall–Kier alpha value is -2.54. The minimum Gasteiger partial charge on any atom is -0.337 e. The van der Waals surface area contributed by atoms with Crippen molar-refractivity contribution in [1.82, 2.24) is 30.2 Å². The van der Waals surface area contributed by atoms with Crippen molar-refractivity contribution in [1.29, 1.82) is 0 Å². The molecule has 7 heteroatoms. The molecule has 0 saturated carbocycles. The fraction of sp³-hybridized carbons (Fsp3) is 0.286. The first-order chi connectivity index (χ1) is 10.3. The maximum absolute atomic E-state index is 5.22. The Kier molecular flexibility index (Phi) is 4.02. The molecule has 0 unspecified atom stereocenters. The molecular weight excluding hydrogens is 268 g/mol. The summed E-state index contributed by atoms with van der Waals surface area (Å²) in [6.07, 6.45) is 5.41. The minimum absolute atomic E-state index is 0.245. The highest BCUT2D eigenvalue weighted by Gasteiger charge is 2.10. The molecule has 1 atom stereocenters. The van der Waals surface area contributed by atoms with E-state index in [1.54, 1.807) is 12.4 Å². The van der Waals surface area contributed by atoms with Gasteiger partial charge in [-0.15, -0.1) is 0 Å². The smallest absolute Gasteiger partial charge is 0.240 e. The van der Waals surface area contributed by atoms with Crippen LogP contribution >= 0.6 is 0 Å². The molecule has 0 spiro atoms. The minimum atomic E-state index is 0.245. The van der Waals surface area contributed by atoms with Crippen LogP contribution in [0.5, 0.6) is 0 Å². The van der Waals surface area contributed by atoms with Crippen LogP contribution in [-0.4, -0.2) is 30.9 Å². The van der Waals surface area contributed by atoms with E-state index < -0.39 is 0 Å². The zero-order chi connectivity index (χ0) is 14.5. The van der Waals surface area contributed by atoms with Gasteiger partial charge in [0, 0.05) is 24.6 Å². The van der Waals surface area contributed by atoms with Gasteiger partial charge in [0.05, 0.1) is 13.1 Å². The summed E-state index contributed by atoms with van der Waals surface area (Å²) in [6, 6.07) is 7.74. The van der Waals surface area contributed by atoms with E-state index in [-0.39, 0.29) is 6.04 Å². The molecule has 0 amide bonds. The first-order valence-electron chi connectivity index (χ1n) is 6.76. The van der Waals surface area contributed by atoms with Crippen molar-refractivity contribution in [2.45, 2.75) is 26.1 Å². The quantitative estimate of drug-likeness (QED) is 0.739. The summed E-state index contributed by atoms with van der Waals surface area (Å²) in [7, 11) is 0. The largest absolute Gasteiger partial charge is 0.337 e. The van der Waals surface area contributed by atoms with Crippen LogP contribution in [0, 0.1) is 0 Å². The number of aromatic nitrogens is 5. The molecule has 108 valence electrons. The average molecular weight is 284 g/mol. The van der Waals surface area contributed by atoms with Crippen molar-refractivity contribution < 1.29 is 4.52 Å². The second kappa shape index (κ2) is 6.27. The third-order valence-electron chi connectivity index (χ3n) is 2.98. The Morgan fingerprint density at radius 3 is 3.00 bits per heavy atom. The molecule has 0 saturated heterocycles. The number of hydrogen-bond acceptors (Lipinski definition) is 6. The highest BCUT2D eigenvalue weighted by atomic mass is 16.5. The van der Waals surface area contributed by atoms with Crippen molar-refractivity contribution in [3.8, 4) is 11.5 Å². The molecule has 3 aromatic heterocycles. The Bertz CT molecular complexity index is 664. The Morgan fingerprint density at radius 2 is 2.24 bits per heavy atom. The number of rotatable bonds is 6. The van der Waals surface area contributed by atoms with Gasteiger partial charge in [0.2, 0.25) is 11.7 Å². The average Bonchev–Trinajstić information content (AvgIpc) is 3.17. The lowest BCUT2D eigenvalue weighted by atomic mass is 10.3. The van der Waals surface area contributed by atoms with Gasteiger partial charge in [-0.2, -0.15) is 10.1 Å². The molecule has 0 aliphatic rings. The topological polar surface area (TPSA) is 81.7 Å². The van der Waals surface area contributed by atoms with Crippen molar-refractivity contribution >= 4 is 0 Å². The van der Waals surface area contributed by atoms with E-state index in [0.717, 1.165) is 6.54 Å². The van der Waals surface area contributed by atoms with Crippen LogP contribution in [-0.2, 0) is 13.1 Å². The zero-order valence-corrected chi connectivity index (χ0v) is 11.7. The van der Waals surface area contributed by atoms with Gasteiger partial charge < -0.3 is 9.84 Å². The Balaban J connectivity index is 1.55. The van der Waals surface area contributed by atoms with Gasteiger partial charge >= 0.3 is 0 Å². The first-order valence-corrected chi connectivity index (χ1v) is 6.76. The molecular formula is C14H16N6O. The Labute approximate surface area is 122 Å². The Morgan fingerprint density at radius 1 is 1.29 bits per heavy atom. The molecule has 0 bridgehead atoms. The van der Waals surface area contributed by atoms with Gasteiger partial charge in [-0.25, -0.2) is 0 Å². The van der Waals surface area contributed by atoms with Gasteiger partial charge in [-0.05, 0) is 25.1 Å². The predicted octanol–water partition coefficient (Wildman–Crippen LogP) is 1.51. The van der Waals surface area contributed by atoms with Gasteiger partial charge in [0.1, 0.15) is 5.69 Å². The summed E-state index contributed by atoms with van der Waals surface area (Å²) in [4.78, 5) is 8.51. The normalized spacial score (nSPS) is 12.4. The third kappa shape index (κ3) is 3.51. The number of hydrogen-bond donors (Lipinski definition) is 1. The molecule has 3 rings (SSSR count). The summed E-state index contributed by atoms with van der Waals surface area (Å²) >= 11 is 0. The molecule has 0 aromatic carbocycles. The third-order valence-corrected chi connectivity index (χ3v) is 2.98. The second-order valence-corrected chi connectivity index (χ2v) is 4.74. The van der Waals surface area contributed by atoms with Crippen molar-refractivity contribution in [3.63, 3.8) is 0 Å². The standard InChI is InChI=1S/C14H16N6O/c1-11(10-20-8-4-7-17-20)16-9-13-18-14(19-21-13)12-5-2-3-6-15-12/h2-8,11,16H,9-10H2,1H3/t11-/m1/s1. The lowest BCUT2D eigenvalue weighted by Gasteiger charge is -2.11. The van der Waals surface area contributed by atoms with E-state index >= 15 is 0 Å². The first kappa shape index (κ1) is 13.4. The van der Waals surface area contributed by atoms with E-state index in [1.165, 1.54) is 0 Å². The van der Waals surface area contributed by atoms with Crippen molar-refractivity contribution in [2.24, 2.45) is 0 Å². The van der Waals surface area contributed by atoms with E-state index in [0.29, 0.717) is 24.0 Å². The second-order valence-electron chi connectivity index (χ2n) is 4.74. The maximum atomic E-state index is 5.22. The number of nitrogens with zero attached hydrogens (tertiary/aromatic N) is 5. The molecule has 0 aliphatic carbocycles. The maximum Gasteiger partial charge on any atom is 0.240 e. The van der Waals surface area contributed by atoms with E-state index in [2.05, 4.69) is 32.5 Å². The van der Waals surface area contributed by atoms with Crippen LogP contribution in [0.3, 0.4) is 0 Å². The molecule has 1 N–H and O–H groups in total. The van der Waals surface area contributed by atoms with Crippen LogP contribution in [0.15, 0.2) is 47.4 Å². The molecule has 21 heavy (non-hydrogen) atoms. The van der Waals surface area contributed by atoms with Gasteiger partial charge in [-0.1, -0.05) is 11.2 Å². The zero-order valence-electron chi connectivity index (χ0n) is 11.7. The number of pyridine rings is 1. The van der Waals surface area contributed by atoms with Crippen LogP contribution in [0.4, 0.5) is 0 Å². The van der Waals surface area contributed by atoms with Crippen molar-refractivity contribution in [3.05, 3.63) is 48.7 Å². The van der Waals surface area contributed by atoms with E-state index in [4.69, 9.17) is 4.52 Å². The monoisotopic (exact) mass is 284 g/mol. The summed E-state index contributed by atoms with van der Waals surface area (Å²) < 4.78 is 7.10. The highest BCUT2D eigenvalue weighted by Crippen LogP contribution is 2.11. The highest BCUT2D eigenvalue weighted by molar-refractivity contribution is 5.46. The van der Waals surface area contributed by atoms with Crippen LogP contribution < -0.4 is 5.32 Å². The molecule has 0 aliphatic heterocycles. The van der Waals surface area contributed by atoms with E-state index in [1.807, 2.05) is 35.1 Å². The lowest BCUT2D eigenvalue weighted by molar-refractivity contribution is 0.350. The van der Waals surface area contributed by atoms with E-state index in [9.17, 15) is 0 Å².